The Morgan fingerprint density at radius 2 is 1.35 bits per heavy atom. The Morgan fingerprint density at radius 1 is 0.850 bits per heavy atom. The van der Waals surface area contributed by atoms with Gasteiger partial charge in [-0.2, -0.15) is 0 Å². The van der Waals surface area contributed by atoms with E-state index >= 15 is 0 Å². The van der Waals surface area contributed by atoms with Crippen molar-refractivity contribution in [2.75, 3.05) is 13.2 Å². The normalized spacial score (nSPS) is 10.1. The van der Waals surface area contributed by atoms with Crippen LogP contribution in [0.2, 0.25) is 0 Å². The molecule has 0 amide bonds. The summed E-state index contributed by atoms with van der Waals surface area (Å²) in [7, 11) is 0. The van der Waals surface area contributed by atoms with Crippen LogP contribution in [0.5, 0.6) is 11.5 Å². The summed E-state index contributed by atoms with van der Waals surface area (Å²) in [5.74, 6) is 1.65. The van der Waals surface area contributed by atoms with Crippen LogP contribution in [0.3, 0.4) is 0 Å². The molecule has 0 aliphatic rings. The highest BCUT2D eigenvalue weighted by Crippen LogP contribution is 2.13. The predicted octanol–water partition coefficient (Wildman–Crippen LogP) is 3.66. The van der Waals surface area contributed by atoms with Gasteiger partial charge in [-0.3, -0.25) is 4.79 Å². The molecular weight excluding hydrogens is 252 g/mol. The number of aryl methyl sites for hydroxylation is 1. The molecule has 3 nitrogen and oxygen atoms in total. The highest BCUT2D eigenvalue weighted by atomic mass is 16.5. The first-order valence-corrected chi connectivity index (χ1v) is 6.65. The molecule has 2 aromatic rings. The van der Waals surface area contributed by atoms with Crippen LogP contribution in [0.25, 0.3) is 0 Å². The van der Waals surface area contributed by atoms with E-state index in [0.29, 0.717) is 18.8 Å². The van der Waals surface area contributed by atoms with Crippen LogP contribution in [0.4, 0.5) is 0 Å². The quantitative estimate of drug-likeness (QED) is 0.569. The van der Waals surface area contributed by atoms with Crippen LogP contribution in [0.15, 0.2) is 48.5 Å². The molecule has 0 unspecified atom stereocenters. The van der Waals surface area contributed by atoms with E-state index in [1.165, 1.54) is 5.56 Å². The predicted molar refractivity (Wildman–Crippen MR) is 78.6 cm³/mol. The zero-order valence-corrected chi connectivity index (χ0v) is 11.5. The molecule has 0 atom stereocenters. The minimum Gasteiger partial charge on any atom is -0.493 e. The van der Waals surface area contributed by atoms with Crippen molar-refractivity contribution in [3.8, 4) is 11.5 Å². The maximum Gasteiger partial charge on any atom is 0.150 e. The molecule has 0 spiro atoms. The van der Waals surface area contributed by atoms with E-state index in [1.54, 1.807) is 24.3 Å². The van der Waals surface area contributed by atoms with Crippen LogP contribution >= 0.6 is 0 Å². The lowest BCUT2D eigenvalue weighted by Gasteiger charge is -2.08. The summed E-state index contributed by atoms with van der Waals surface area (Å²) in [5, 5.41) is 0. The highest BCUT2D eigenvalue weighted by Gasteiger charge is 1.96. The summed E-state index contributed by atoms with van der Waals surface area (Å²) < 4.78 is 11.2. The number of benzene rings is 2. The largest absolute Gasteiger partial charge is 0.493 e. The smallest absolute Gasteiger partial charge is 0.150 e. The summed E-state index contributed by atoms with van der Waals surface area (Å²) >= 11 is 0. The fourth-order valence-electron chi connectivity index (χ4n) is 1.72. The van der Waals surface area contributed by atoms with Crippen LogP contribution in [-0.4, -0.2) is 19.5 Å². The molecule has 0 saturated carbocycles. The number of carbonyl (C=O) groups is 1. The zero-order valence-electron chi connectivity index (χ0n) is 11.5. The van der Waals surface area contributed by atoms with Crippen LogP contribution in [0.1, 0.15) is 22.3 Å². The van der Waals surface area contributed by atoms with E-state index in [1.807, 2.05) is 31.2 Å². The van der Waals surface area contributed by atoms with Gasteiger partial charge in [-0.15, -0.1) is 0 Å². The van der Waals surface area contributed by atoms with E-state index in [4.69, 9.17) is 9.47 Å². The summed E-state index contributed by atoms with van der Waals surface area (Å²) in [6.07, 6.45) is 1.63. The van der Waals surface area contributed by atoms with Gasteiger partial charge in [0.25, 0.3) is 0 Å². The van der Waals surface area contributed by atoms with E-state index in [9.17, 15) is 4.79 Å². The summed E-state index contributed by atoms with van der Waals surface area (Å²) in [6, 6.07) is 15.1. The molecule has 2 rings (SSSR count). The van der Waals surface area contributed by atoms with Crippen molar-refractivity contribution >= 4 is 6.29 Å². The first kappa shape index (κ1) is 14.1. The van der Waals surface area contributed by atoms with Crippen molar-refractivity contribution in [3.05, 3.63) is 59.7 Å². The standard InChI is InChI=1S/C17H18O3/c1-14-3-7-16(8-4-14)19-11-2-12-20-17-9-5-15(13-18)6-10-17/h3-10,13H,2,11-12H2,1H3. The summed E-state index contributed by atoms with van der Waals surface area (Å²) in [4.78, 5) is 10.5. The van der Waals surface area contributed by atoms with Crippen LogP contribution < -0.4 is 9.47 Å². The number of rotatable bonds is 7. The van der Waals surface area contributed by atoms with Crippen molar-refractivity contribution < 1.29 is 14.3 Å². The fourth-order valence-corrected chi connectivity index (χ4v) is 1.72. The Balaban J connectivity index is 1.65. The lowest BCUT2D eigenvalue weighted by atomic mass is 10.2. The molecule has 2 aromatic carbocycles. The monoisotopic (exact) mass is 270 g/mol. The maximum absolute atomic E-state index is 10.5. The molecule has 0 fully saturated rings. The number of hydrogen-bond acceptors (Lipinski definition) is 3. The third-order valence-electron chi connectivity index (χ3n) is 2.86. The molecule has 0 aliphatic heterocycles. The summed E-state index contributed by atoms with van der Waals surface area (Å²) in [5.41, 5.74) is 1.87. The van der Waals surface area contributed by atoms with Gasteiger partial charge >= 0.3 is 0 Å². The first-order chi connectivity index (χ1) is 9.78. The fraction of sp³-hybridized carbons (Fsp3) is 0.235. The topological polar surface area (TPSA) is 35.5 Å². The molecule has 0 aliphatic carbocycles. The molecule has 0 aromatic heterocycles. The zero-order chi connectivity index (χ0) is 14.2. The second-order valence-corrected chi connectivity index (χ2v) is 4.55. The van der Waals surface area contributed by atoms with Gasteiger partial charge in [-0.25, -0.2) is 0 Å². The van der Waals surface area contributed by atoms with E-state index in [2.05, 4.69) is 0 Å². The van der Waals surface area contributed by atoms with Gasteiger partial charge in [0.2, 0.25) is 0 Å². The molecule has 104 valence electrons. The highest BCUT2D eigenvalue weighted by molar-refractivity contribution is 5.74. The number of carbonyl (C=O) groups excluding carboxylic acids is 1. The maximum atomic E-state index is 10.5. The van der Waals surface area contributed by atoms with Crippen LogP contribution in [-0.2, 0) is 0 Å². The Hall–Kier alpha value is -2.29. The Morgan fingerprint density at radius 3 is 1.85 bits per heavy atom. The lowest BCUT2D eigenvalue weighted by Crippen LogP contribution is -2.05. The average molecular weight is 270 g/mol. The van der Waals surface area contributed by atoms with Gasteiger partial charge in [0.05, 0.1) is 13.2 Å². The Bertz CT molecular complexity index is 529. The minimum atomic E-state index is 0.590. The van der Waals surface area contributed by atoms with Crippen molar-refractivity contribution in [3.63, 3.8) is 0 Å². The number of ether oxygens (including phenoxy) is 2. The van der Waals surface area contributed by atoms with Crippen molar-refractivity contribution in [2.45, 2.75) is 13.3 Å². The van der Waals surface area contributed by atoms with Gasteiger partial charge in [0.1, 0.15) is 17.8 Å². The lowest BCUT2D eigenvalue weighted by molar-refractivity contribution is 0.112. The molecule has 0 saturated heterocycles. The Kier molecular flexibility index (Phi) is 5.18. The van der Waals surface area contributed by atoms with E-state index in [0.717, 1.165) is 24.2 Å². The third-order valence-corrected chi connectivity index (χ3v) is 2.86. The molecular formula is C17H18O3. The van der Waals surface area contributed by atoms with E-state index in [-0.39, 0.29) is 0 Å². The molecule has 0 N–H and O–H groups in total. The SMILES string of the molecule is Cc1ccc(OCCCOc2ccc(C=O)cc2)cc1. The molecule has 0 bridgehead atoms. The van der Waals surface area contributed by atoms with Gasteiger partial charge < -0.3 is 9.47 Å². The summed E-state index contributed by atoms with van der Waals surface area (Å²) in [6.45, 7) is 3.26. The van der Waals surface area contributed by atoms with Crippen molar-refractivity contribution in [2.24, 2.45) is 0 Å². The second-order valence-electron chi connectivity index (χ2n) is 4.55. The average Bonchev–Trinajstić information content (AvgIpc) is 2.49. The molecule has 0 heterocycles. The van der Waals surface area contributed by atoms with Gasteiger partial charge in [-0.05, 0) is 43.3 Å². The molecule has 20 heavy (non-hydrogen) atoms. The number of aldehydes is 1. The second kappa shape index (κ2) is 7.34. The Labute approximate surface area is 119 Å². The number of hydrogen-bond donors (Lipinski definition) is 0. The third kappa shape index (κ3) is 4.43. The van der Waals surface area contributed by atoms with Gasteiger partial charge in [0, 0.05) is 12.0 Å². The molecule has 0 radical (unpaired) electrons. The van der Waals surface area contributed by atoms with Crippen LogP contribution in [0, 0.1) is 6.92 Å². The molecule has 3 heteroatoms. The van der Waals surface area contributed by atoms with Crippen molar-refractivity contribution in [1.82, 2.24) is 0 Å². The van der Waals surface area contributed by atoms with Gasteiger partial charge in [0.15, 0.2) is 0 Å². The van der Waals surface area contributed by atoms with E-state index < -0.39 is 0 Å². The van der Waals surface area contributed by atoms with Crippen molar-refractivity contribution in [1.29, 1.82) is 0 Å². The minimum absolute atomic E-state index is 0.590. The first-order valence-electron chi connectivity index (χ1n) is 6.65. The van der Waals surface area contributed by atoms with Gasteiger partial charge in [-0.1, -0.05) is 17.7 Å².